The van der Waals surface area contributed by atoms with Gasteiger partial charge in [0.25, 0.3) is 0 Å². The van der Waals surface area contributed by atoms with E-state index in [1.54, 1.807) is 10.7 Å². The molecule has 1 heterocycles. The number of hydrogen-bond acceptors (Lipinski definition) is 2. The largest absolute Gasteiger partial charge is 0.388 e. The fourth-order valence-electron chi connectivity index (χ4n) is 2.26. The van der Waals surface area contributed by atoms with Gasteiger partial charge in [0.1, 0.15) is 5.82 Å². The first-order valence-corrected chi connectivity index (χ1v) is 6.40. The molecule has 0 saturated heterocycles. The van der Waals surface area contributed by atoms with Crippen LogP contribution in [0.2, 0.25) is 5.02 Å². The van der Waals surface area contributed by atoms with Crippen LogP contribution in [0, 0.1) is 19.7 Å². The van der Waals surface area contributed by atoms with Gasteiger partial charge in [-0.2, -0.15) is 5.10 Å². The van der Waals surface area contributed by atoms with Crippen LogP contribution in [0.5, 0.6) is 0 Å². The van der Waals surface area contributed by atoms with Gasteiger partial charge in [-0.05, 0) is 31.5 Å². The monoisotopic (exact) mass is 282 g/mol. The summed E-state index contributed by atoms with van der Waals surface area (Å²) in [5.74, 6) is -0.467. The maximum atomic E-state index is 13.4. The summed E-state index contributed by atoms with van der Waals surface area (Å²) in [6.45, 7) is 3.76. The van der Waals surface area contributed by atoms with Crippen molar-refractivity contribution in [2.24, 2.45) is 7.05 Å². The second kappa shape index (κ2) is 5.31. The quantitative estimate of drug-likeness (QED) is 0.939. The molecule has 0 aliphatic heterocycles. The van der Waals surface area contributed by atoms with Crippen LogP contribution < -0.4 is 0 Å². The zero-order valence-electron chi connectivity index (χ0n) is 11.1. The predicted molar refractivity (Wildman–Crippen MR) is 72.8 cm³/mol. The average Bonchev–Trinajstić information content (AvgIpc) is 2.58. The number of aliphatic hydroxyl groups is 1. The van der Waals surface area contributed by atoms with E-state index < -0.39 is 11.9 Å². The lowest BCUT2D eigenvalue weighted by molar-refractivity contribution is 0.177. The number of aliphatic hydroxyl groups excluding tert-OH is 1. The topological polar surface area (TPSA) is 38.0 Å². The molecule has 1 aromatic carbocycles. The van der Waals surface area contributed by atoms with Gasteiger partial charge < -0.3 is 5.11 Å². The fourth-order valence-corrected chi connectivity index (χ4v) is 2.38. The minimum atomic E-state index is -0.700. The molecule has 0 fully saturated rings. The second-order valence-electron chi connectivity index (χ2n) is 4.68. The Morgan fingerprint density at radius 3 is 2.63 bits per heavy atom. The van der Waals surface area contributed by atoms with Crippen molar-refractivity contribution in [3.63, 3.8) is 0 Å². The zero-order chi connectivity index (χ0) is 14.2. The molecule has 0 amide bonds. The summed E-state index contributed by atoms with van der Waals surface area (Å²) in [5.41, 5.74) is 3.22. The highest BCUT2D eigenvalue weighted by Gasteiger charge is 2.18. The summed E-state index contributed by atoms with van der Waals surface area (Å²) < 4.78 is 15.1. The average molecular weight is 283 g/mol. The minimum absolute atomic E-state index is 0.0898. The van der Waals surface area contributed by atoms with Gasteiger partial charge in [-0.25, -0.2) is 4.39 Å². The summed E-state index contributed by atoms with van der Waals surface area (Å²) >= 11 is 5.64. The highest BCUT2D eigenvalue weighted by Crippen LogP contribution is 2.25. The molecular formula is C14H16ClFN2O. The number of halogens is 2. The van der Waals surface area contributed by atoms with Crippen molar-refractivity contribution in [2.45, 2.75) is 26.4 Å². The van der Waals surface area contributed by atoms with Crippen LogP contribution in [-0.2, 0) is 13.5 Å². The molecule has 0 aliphatic rings. The van der Waals surface area contributed by atoms with Crippen LogP contribution >= 0.6 is 11.6 Å². The van der Waals surface area contributed by atoms with Crippen molar-refractivity contribution >= 4 is 11.6 Å². The standard InChI is InChI=1S/C14H16ClFN2O/c1-8-14(9(2)18(3)17-8)13(19)7-10-4-5-11(15)12(16)6-10/h4-6,13,19H,7H2,1-3H3. The molecule has 1 unspecified atom stereocenters. The molecule has 1 aromatic heterocycles. The van der Waals surface area contributed by atoms with Crippen molar-refractivity contribution in [1.82, 2.24) is 9.78 Å². The number of nitrogens with zero attached hydrogens (tertiary/aromatic N) is 2. The fraction of sp³-hybridized carbons (Fsp3) is 0.357. The summed E-state index contributed by atoms with van der Waals surface area (Å²) in [4.78, 5) is 0. The number of benzene rings is 1. The molecule has 102 valence electrons. The molecule has 0 spiro atoms. The van der Waals surface area contributed by atoms with E-state index >= 15 is 0 Å². The van der Waals surface area contributed by atoms with Gasteiger partial charge in [0.15, 0.2) is 0 Å². The Labute approximate surface area is 116 Å². The minimum Gasteiger partial charge on any atom is -0.388 e. The SMILES string of the molecule is Cc1nn(C)c(C)c1C(O)Cc1ccc(Cl)c(F)c1. The molecule has 5 heteroatoms. The van der Waals surface area contributed by atoms with Crippen molar-refractivity contribution in [1.29, 1.82) is 0 Å². The van der Waals surface area contributed by atoms with E-state index in [2.05, 4.69) is 5.10 Å². The molecule has 19 heavy (non-hydrogen) atoms. The number of aromatic nitrogens is 2. The highest BCUT2D eigenvalue weighted by atomic mass is 35.5. The predicted octanol–water partition coefficient (Wildman–Crippen LogP) is 3.11. The molecule has 3 nitrogen and oxygen atoms in total. The van der Waals surface area contributed by atoms with E-state index in [1.807, 2.05) is 20.9 Å². The van der Waals surface area contributed by atoms with Crippen molar-refractivity contribution < 1.29 is 9.50 Å². The lowest BCUT2D eigenvalue weighted by atomic mass is 10.00. The van der Waals surface area contributed by atoms with Crippen LogP contribution in [0.3, 0.4) is 0 Å². The van der Waals surface area contributed by atoms with Crippen LogP contribution in [0.1, 0.15) is 28.6 Å². The summed E-state index contributed by atoms with van der Waals surface area (Å²) in [6, 6.07) is 4.57. The van der Waals surface area contributed by atoms with Crippen LogP contribution in [-0.4, -0.2) is 14.9 Å². The molecule has 0 bridgehead atoms. The smallest absolute Gasteiger partial charge is 0.142 e. The molecule has 1 atom stereocenters. The first-order valence-electron chi connectivity index (χ1n) is 6.02. The Kier molecular flexibility index (Phi) is 3.92. The Morgan fingerprint density at radius 2 is 2.11 bits per heavy atom. The summed E-state index contributed by atoms with van der Waals surface area (Å²) in [5, 5.41) is 14.7. The first kappa shape index (κ1) is 14.0. The Morgan fingerprint density at radius 1 is 1.42 bits per heavy atom. The Hall–Kier alpha value is -1.39. The van der Waals surface area contributed by atoms with E-state index in [1.165, 1.54) is 12.1 Å². The lowest BCUT2D eigenvalue weighted by Gasteiger charge is -2.12. The zero-order valence-corrected chi connectivity index (χ0v) is 11.9. The summed E-state index contributed by atoms with van der Waals surface area (Å²) in [7, 11) is 1.83. The number of aryl methyl sites for hydroxylation is 2. The van der Waals surface area contributed by atoms with Gasteiger partial charge in [0, 0.05) is 24.7 Å². The van der Waals surface area contributed by atoms with E-state index in [4.69, 9.17) is 11.6 Å². The van der Waals surface area contributed by atoms with Crippen LogP contribution in [0.15, 0.2) is 18.2 Å². The third kappa shape index (κ3) is 2.80. The molecule has 0 radical (unpaired) electrons. The third-order valence-electron chi connectivity index (χ3n) is 3.31. The van der Waals surface area contributed by atoms with Gasteiger partial charge in [-0.1, -0.05) is 17.7 Å². The van der Waals surface area contributed by atoms with Crippen LogP contribution in [0.25, 0.3) is 0 Å². The normalized spacial score (nSPS) is 12.7. The first-order chi connectivity index (χ1) is 8.90. The Balaban J connectivity index is 2.25. The lowest BCUT2D eigenvalue weighted by Crippen LogP contribution is -2.05. The van der Waals surface area contributed by atoms with E-state index in [0.717, 1.165) is 17.0 Å². The van der Waals surface area contributed by atoms with E-state index in [9.17, 15) is 9.50 Å². The second-order valence-corrected chi connectivity index (χ2v) is 5.08. The maximum Gasteiger partial charge on any atom is 0.142 e. The molecule has 1 N–H and O–H groups in total. The molecule has 2 rings (SSSR count). The third-order valence-corrected chi connectivity index (χ3v) is 3.62. The summed E-state index contributed by atoms with van der Waals surface area (Å²) in [6.07, 6.45) is -0.365. The Bertz CT molecular complexity index is 610. The van der Waals surface area contributed by atoms with Gasteiger partial charge >= 0.3 is 0 Å². The molecular weight excluding hydrogens is 267 g/mol. The van der Waals surface area contributed by atoms with Crippen molar-refractivity contribution in [3.8, 4) is 0 Å². The number of rotatable bonds is 3. The molecule has 0 aliphatic carbocycles. The van der Waals surface area contributed by atoms with Crippen molar-refractivity contribution in [3.05, 3.63) is 51.6 Å². The van der Waals surface area contributed by atoms with E-state index in [-0.39, 0.29) is 5.02 Å². The number of hydrogen-bond donors (Lipinski definition) is 1. The molecule has 2 aromatic rings. The molecule has 0 saturated carbocycles. The van der Waals surface area contributed by atoms with Gasteiger partial charge in [-0.3, -0.25) is 4.68 Å². The van der Waals surface area contributed by atoms with Crippen molar-refractivity contribution in [2.75, 3.05) is 0 Å². The van der Waals surface area contributed by atoms with Gasteiger partial charge in [0.2, 0.25) is 0 Å². The highest BCUT2D eigenvalue weighted by molar-refractivity contribution is 6.30. The maximum absolute atomic E-state index is 13.4. The van der Waals surface area contributed by atoms with E-state index in [0.29, 0.717) is 12.0 Å². The van der Waals surface area contributed by atoms with Crippen LogP contribution in [0.4, 0.5) is 4.39 Å². The van der Waals surface area contributed by atoms with Gasteiger partial charge in [-0.15, -0.1) is 0 Å². The van der Waals surface area contributed by atoms with Gasteiger partial charge in [0.05, 0.1) is 16.8 Å².